The minimum absolute atomic E-state index is 0.185. The molecule has 3 nitrogen and oxygen atoms in total. The van der Waals surface area contributed by atoms with Crippen LogP contribution in [0.4, 0.5) is 0 Å². The number of nitrogens with one attached hydrogen (secondary N) is 1. The molecule has 1 fully saturated rings. The third kappa shape index (κ3) is 2.85. The molecule has 98 valence electrons. The van der Waals surface area contributed by atoms with Gasteiger partial charge in [0.1, 0.15) is 0 Å². The first-order chi connectivity index (χ1) is 8.63. The summed E-state index contributed by atoms with van der Waals surface area (Å²) >= 11 is 2.28. The summed E-state index contributed by atoms with van der Waals surface area (Å²) in [5.41, 5.74) is 1.95. The van der Waals surface area contributed by atoms with Crippen LogP contribution in [-0.2, 0) is 0 Å². The van der Waals surface area contributed by atoms with Crippen LogP contribution in [0.1, 0.15) is 22.3 Å². The van der Waals surface area contributed by atoms with Gasteiger partial charge in [0.2, 0.25) is 0 Å². The van der Waals surface area contributed by atoms with Crippen LogP contribution in [-0.4, -0.2) is 37.5 Å². The van der Waals surface area contributed by atoms with Crippen LogP contribution in [0.3, 0.4) is 0 Å². The largest absolute Gasteiger partial charge is 0.338 e. The Balaban J connectivity index is 2.11. The molecule has 1 aliphatic rings. The van der Waals surface area contributed by atoms with E-state index in [-0.39, 0.29) is 5.91 Å². The Labute approximate surface area is 122 Å². The zero-order valence-electron chi connectivity index (χ0n) is 10.9. The van der Waals surface area contributed by atoms with Crippen LogP contribution in [0, 0.1) is 16.4 Å². The van der Waals surface area contributed by atoms with Crippen molar-refractivity contribution in [2.75, 3.05) is 26.7 Å². The van der Waals surface area contributed by atoms with Gasteiger partial charge in [0.15, 0.2) is 0 Å². The average molecular weight is 358 g/mol. The molecule has 1 N–H and O–H groups in total. The molecule has 18 heavy (non-hydrogen) atoms. The van der Waals surface area contributed by atoms with Gasteiger partial charge < -0.3 is 10.2 Å². The summed E-state index contributed by atoms with van der Waals surface area (Å²) in [5.74, 6) is 0.784. The van der Waals surface area contributed by atoms with E-state index in [2.05, 4.69) is 27.9 Å². The summed E-state index contributed by atoms with van der Waals surface area (Å²) < 4.78 is 1.16. The summed E-state index contributed by atoms with van der Waals surface area (Å²) in [5, 5.41) is 3.19. The molecule has 4 heteroatoms. The van der Waals surface area contributed by atoms with Crippen LogP contribution >= 0.6 is 22.6 Å². The Kier molecular flexibility index (Phi) is 4.61. The highest BCUT2D eigenvalue weighted by Crippen LogP contribution is 2.22. The van der Waals surface area contributed by atoms with E-state index in [1.54, 1.807) is 0 Å². The van der Waals surface area contributed by atoms with Gasteiger partial charge in [0, 0.05) is 22.2 Å². The quantitative estimate of drug-likeness (QED) is 0.841. The molecule has 1 aromatic carbocycles. The summed E-state index contributed by atoms with van der Waals surface area (Å²) in [4.78, 5) is 14.5. The van der Waals surface area contributed by atoms with E-state index in [9.17, 15) is 4.79 Å². The molecule has 0 bridgehead atoms. The molecule has 1 aliphatic heterocycles. The van der Waals surface area contributed by atoms with Crippen LogP contribution in [0.25, 0.3) is 0 Å². The molecule has 1 amide bonds. The van der Waals surface area contributed by atoms with Gasteiger partial charge in [0.05, 0.1) is 0 Å². The Morgan fingerprint density at radius 3 is 3.06 bits per heavy atom. The number of nitrogens with zero attached hydrogens (tertiary/aromatic N) is 1. The second-order valence-electron chi connectivity index (χ2n) is 4.88. The first-order valence-corrected chi connectivity index (χ1v) is 7.40. The highest BCUT2D eigenvalue weighted by molar-refractivity contribution is 14.1. The van der Waals surface area contributed by atoms with Gasteiger partial charge in [-0.15, -0.1) is 0 Å². The third-order valence-corrected chi connectivity index (χ3v) is 4.73. The number of benzene rings is 1. The SMILES string of the molecule is CNCC1CCN(C(=O)c2cccc(I)c2C)C1. The van der Waals surface area contributed by atoms with Crippen LogP contribution in [0.5, 0.6) is 0 Å². The molecule has 0 aliphatic carbocycles. The molecular formula is C14H19IN2O. The van der Waals surface area contributed by atoms with E-state index >= 15 is 0 Å². The van der Waals surface area contributed by atoms with E-state index in [0.29, 0.717) is 5.92 Å². The minimum atomic E-state index is 0.185. The number of rotatable bonds is 3. The van der Waals surface area contributed by atoms with Crippen LogP contribution < -0.4 is 5.32 Å². The summed E-state index contributed by atoms with van der Waals surface area (Å²) in [7, 11) is 1.97. The van der Waals surface area contributed by atoms with Gasteiger partial charge in [0.25, 0.3) is 5.91 Å². The smallest absolute Gasteiger partial charge is 0.254 e. The topological polar surface area (TPSA) is 32.3 Å². The van der Waals surface area contributed by atoms with Crippen molar-refractivity contribution in [2.24, 2.45) is 5.92 Å². The highest BCUT2D eigenvalue weighted by Gasteiger charge is 2.27. The zero-order chi connectivity index (χ0) is 13.1. The van der Waals surface area contributed by atoms with Gasteiger partial charge in [-0.1, -0.05) is 6.07 Å². The fraction of sp³-hybridized carbons (Fsp3) is 0.500. The maximum atomic E-state index is 12.5. The van der Waals surface area contributed by atoms with Crippen LogP contribution in [0.15, 0.2) is 18.2 Å². The average Bonchev–Trinajstić information content (AvgIpc) is 2.81. The van der Waals surface area contributed by atoms with E-state index in [0.717, 1.165) is 40.8 Å². The molecule has 0 saturated carbocycles. The lowest BCUT2D eigenvalue weighted by Crippen LogP contribution is -2.30. The first kappa shape index (κ1) is 13.8. The number of hydrogen-bond acceptors (Lipinski definition) is 2. The fourth-order valence-electron chi connectivity index (χ4n) is 2.48. The normalized spacial score (nSPS) is 19.3. The van der Waals surface area contributed by atoms with Crippen molar-refractivity contribution in [2.45, 2.75) is 13.3 Å². The molecule has 0 spiro atoms. The number of likely N-dealkylation sites (tertiary alicyclic amines) is 1. The number of carbonyl (C=O) groups is 1. The van der Waals surface area contributed by atoms with E-state index in [1.807, 2.05) is 37.1 Å². The third-order valence-electron chi connectivity index (χ3n) is 3.56. The summed E-state index contributed by atoms with van der Waals surface area (Å²) in [6.45, 7) is 4.78. The van der Waals surface area contributed by atoms with Gasteiger partial charge in [-0.3, -0.25) is 4.79 Å². The predicted molar refractivity (Wildman–Crippen MR) is 81.8 cm³/mol. The minimum Gasteiger partial charge on any atom is -0.338 e. The number of carbonyl (C=O) groups excluding carboxylic acids is 1. The number of halogens is 1. The Bertz CT molecular complexity index is 447. The van der Waals surface area contributed by atoms with Crippen molar-refractivity contribution in [1.29, 1.82) is 0 Å². The summed E-state index contributed by atoms with van der Waals surface area (Å²) in [6.07, 6.45) is 1.11. The van der Waals surface area contributed by atoms with Crippen molar-refractivity contribution in [1.82, 2.24) is 10.2 Å². The Morgan fingerprint density at radius 2 is 2.33 bits per heavy atom. The van der Waals surface area contributed by atoms with Gasteiger partial charge >= 0.3 is 0 Å². The van der Waals surface area contributed by atoms with Gasteiger partial charge in [-0.2, -0.15) is 0 Å². The molecular weight excluding hydrogens is 339 g/mol. The fourth-order valence-corrected chi connectivity index (χ4v) is 2.98. The van der Waals surface area contributed by atoms with E-state index in [1.165, 1.54) is 0 Å². The van der Waals surface area contributed by atoms with Crippen molar-refractivity contribution in [3.8, 4) is 0 Å². The van der Waals surface area contributed by atoms with Crippen LogP contribution in [0.2, 0.25) is 0 Å². The maximum absolute atomic E-state index is 12.5. The van der Waals surface area contributed by atoms with Gasteiger partial charge in [-0.25, -0.2) is 0 Å². The lowest BCUT2D eigenvalue weighted by molar-refractivity contribution is 0.0786. The van der Waals surface area contributed by atoms with Crippen molar-refractivity contribution < 1.29 is 4.79 Å². The first-order valence-electron chi connectivity index (χ1n) is 6.32. The number of hydrogen-bond donors (Lipinski definition) is 1. The molecule has 2 rings (SSSR count). The Morgan fingerprint density at radius 1 is 1.56 bits per heavy atom. The predicted octanol–water partition coefficient (Wildman–Crippen LogP) is 2.28. The summed E-state index contributed by atoms with van der Waals surface area (Å²) in [6, 6.07) is 5.94. The van der Waals surface area contributed by atoms with Gasteiger partial charge in [-0.05, 0) is 73.1 Å². The molecule has 1 saturated heterocycles. The molecule has 0 radical (unpaired) electrons. The Hall–Kier alpha value is -0.620. The van der Waals surface area contributed by atoms with E-state index < -0.39 is 0 Å². The zero-order valence-corrected chi connectivity index (χ0v) is 13.0. The van der Waals surface area contributed by atoms with Crippen molar-refractivity contribution in [3.63, 3.8) is 0 Å². The number of amides is 1. The lowest BCUT2D eigenvalue weighted by Gasteiger charge is -2.18. The maximum Gasteiger partial charge on any atom is 0.254 e. The second kappa shape index (κ2) is 6.02. The second-order valence-corrected chi connectivity index (χ2v) is 6.04. The highest BCUT2D eigenvalue weighted by atomic mass is 127. The standard InChI is InChI=1S/C14H19IN2O/c1-10-12(4-3-5-13(10)15)14(18)17-7-6-11(9-17)8-16-2/h3-5,11,16H,6-9H2,1-2H3. The van der Waals surface area contributed by atoms with Crippen molar-refractivity contribution >= 4 is 28.5 Å². The van der Waals surface area contributed by atoms with E-state index in [4.69, 9.17) is 0 Å². The molecule has 0 aromatic heterocycles. The lowest BCUT2D eigenvalue weighted by atomic mass is 10.1. The molecule has 1 atom stereocenters. The molecule has 1 heterocycles. The monoisotopic (exact) mass is 358 g/mol. The molecule has 1 unspecified atom stereocenters. The van der Waals surface area contributed by atoms with Crippen molar-refractivity contribution in [3.05, 3.63) is 32.9 Å². The molecule has 1 aromatic rings.